The predicted octanol–water partition coefficient (Wildman–Crippen LogP) is 3.53. The van der Waals surface area contributed by atoms with Crippen LogP contribution < -0.4 is 5.43 Å². The first-order valence-corrected chi connectivity index (χ1v) is 7.41. The number of carbonyl (C=O) groups excluding carboxylic acids is 1. The van der Waals surface area contributed by atoms with E-state index in [-0.39, 0.29) is 5.91 Å². The van der Waals surface area contributed by atoms with Gasteiger partial charge in [0.05, 0.1) is 6.42 Å². The lowest BCUT2D eigenvalue weighted by atomic mass is 10.1. The molecular formula is C19H17N3O. The number of amides is 1. The Morgan fingerprint density at radius 1 is 1.09 bits per heavy atom. The molecule has 2 aromatic carbocycles. The minimum atomic E-state index is -0.140. The fraction of sp³-hybridized carbons (Fsp3) is 0.0526. The number of rotatable bonds is 5. The minimum Gasteiger partial charge on any atom is -0.361 e. The van der Waals surface area contributed by atoms with E-state index in [0.29, 0.717) is 6.42 Å². The lowest BCUT2D eigenvalue weighted by Crippen LogP contribution is -2.19. The Labute approximate surface area is 134 Å². The number of hydrazone groups is 1. The third-order valence-electron chi connectivity index (χ3n) is 3.46. The summed E-state index contributed by atoms with van der Waals surface area (Å²) < 4.78 is 0. The van der Waals surface area contributed by atoms with E-state index < -0.39 is 0 Å². The molecule has 3 aromatic rings. The first-order chi connectivity index (χ1) is 11.3. The lowest BCUT2D eigenvalue weighted by Gasteiger charge is -1.98. The van der Waals surface area contributed by atoms with Crippen LogP contribution in [0, 0.1) is 0 Å². The van der Waals surface area contributed by atoms with Crippen molar-refractivity contribution >= 4 is 29.1 Å². The van der Waals surface area contributed by atoms with Crippen LogP contribution in [0.2, 0.25) is 0 Å². The van der Waals surface area contributed by atoms with E-state index in [4.69, 9.17) is 0 Å². The Morgan fingerprint density at radius 2 is 1.87 bits per heavy atom. The Bertz CT molecular complexity index is 847. The standard InChI is InChI=1S/C19H17N3O/c23-19(13-16-14-20-18-11-5-4-10-17(16)18)22-21-12-6-9-15-7-2-1-3-8-15/h1-12,14,20H,13H2,(H,22,23)/b9-6+,21-12?. The molecule has 114 valence electrons. The highest BCUT2D eigenvalue weighted by atomic mass is 16.2. The zero-order valence-electron chi connectivity index (χ0n) is 12.6. The van der Waals surface area contributed by atoms with Crippen molar-refractivity contribution in [2.45, 2.75) is 6.42 Å². The van der Waals surface area contributed by atoms with Gasteiger partial charge in [0, 0.05) is 23.3 Å². The van der Waals surface area contributed by atoms with E-state index in [0.717, 1.165) is 22.0 Å². The maximum Gasteiger partial charge on any atom is 0.244 e. The third-order valence-corrected chi connectivity index (χ3v) is 3.46. The molecule has 0 radical (unpaired) electrons. The van der Waals surface area contributed by atoms with Gasteiger partial charge in [-0.1, -0.05) is 54.6 Å². The summed E-state index contributed by atoms with van der Waals surface area (Å²) in [6.45, 7) is 0. The van der Waals surface area contributed by atoms with Gasteiger partial charge in [-0.25, -0.2) is 5.43 Å². The van der Waals surface area contributed by atoms with E-state index in [2.05, 4.69) is 15.5 Å². The summed E-state index contributed by atoms with van der Waals surface area (Å²) in [5.74, 6) is -0.140. The third kappa shape index (κ3) is 3.95. The van der Waals surface area contributed by atoms with E-state index in [1.807, 2.05) is 66.9 Å². The van der Waals surface area contributed by atoms with Gasteiger partial charge >= 0.3 is 0 Å². The van der Waals surface area contributed by atoms with Crippen molar-refractivity contribution in [2.24, 2.45) is 5.10 Å². The molecule has 1 amide bonds. The first-order valence-electron chi connectivity index (χ1n) is 7.41. The molecule has 0 aliphatic rings. The highest BCUT2D eigenvalue weighted by Gasteiger charge is 2.07. The Kier molecular flexibility index (Phi) is 4.64. The van der Waals surface area contributed by atoms with Crippen molar-refractivity contribution in [3.63, 3.8) is 0 Å². The van der Waals surface area contributed by atoms with Gasteiger partial charge in [0.1, 0.15) is 0 Å². The number of carbonyl (C=O) groups is 1. The van der Waals surface area contributed by atoms with Crippen molar-refractivity contribution < 1.29 is 4.79 Å². The van der Waals surface area contributed by atoms with Gasteiger partial charge in [-0.05, 0) is 23.3 Å². The molecule has 1 aromatic heterocycles. The maximum absolute atomic E-state index is 11.9. The van der Waals surface area contributed by atoms with Gasteiger partial charge in [0.25, 0.3) is 0 Å². The molecule has 0 saturated carbocycles. The number of allylic oxidation sites excluding steroid dienone is 1. The highest BCUT2D eigenvalue weighted by Crippen LogP contribution is 2.17. The number of nitrogens with zero attached hydrogens (tertiary/aromatic N) is 1. The van der Waals surface area contributed by atoms with Crippen molar-refractivity contribution in [3.8, 4) is 0 Å². The highest BCUT2D eigenvalue weighted by molar-refractivity contribution is 5.89. The van der Waals surface area contributed by atoms with E-state index >= 15 is 0 Å². The molecule has 4 nitrogen and oxygen atoms in total. The number of hydrogen-bond donors (Lipinski definition) is 2. The van der Waals surface area contributed by atoms with E-state index in [9.17, 15) is 4.79 Å². The molecule has 23 heavy (non-hydrogen) atoms. The van der Waals surface area contributed by atoms with Gasteiger partial charge in [0.2, 0.25) is 5.91 Å². The first kappa shape index (κ1) is 14.8. The molecule has 0 aliphatic carbocycles. The van der Waals surface area contributed by atoms with Crippen molar-refractivity contribution in [1.29, 1.82) is 0 Å². The largest absolute Gasteiger partial charge is 0.361 e. The number of fused-ring (bicyclic) bond motifs is 1. The van der Waals surface area contributed by atoms with Gasteiger partial charge in [-0.2, -0.15) is 5.10 Å². The number of nitrogens with one attached hydrogen (secondary N) is 2. The number of hydrogen-bond acceptors (Lipinski definition) is 2. The Hall–Kier alpha value is -3.14. The zero-order chi connectivity index (χ0) is 15.9. The van der Waals surface area contributed by atoms with Gasteiger partial charge in [-0.15, -0.1) is 0 Å². The number of aromatic amines is 1. The summed E-state index contributed by atoms with van der Waals surface area (Å²) in [4.78, 5) is 15.1. The topological polar surface area (TPSA) is 57.2 Å². The molecule has 0 atom stereocenters. The molecule has 2 N–H and O–H groups in total. The van der Waals surface area contributed by atoms with Crippen molar-refractivity contribution in [3.05, 3.63) is 78.0 Å². The summed E-state index contributed by atoms with van der Waals surface area (Å²) >= 11 is 0. The number of aromatic nitrogens is 1. The predicted molar refractivity (Wildman–Crippen MR) is 94.1 cm³/mol. The molecule has 0 spiro atoms. The SMILES string of the molecule is O=C(Cc1c[nH]c2ccccc12)NN=C/C=C/c1ccccc1. The molecule has 0 bridgehead atoms. The summed E-state index contributed by atoms with van der Waals surface area (Å²) in [5.41, 5.74) is 5.62. The maximum atomic E-state index is 11.9. The van der Waals surface area contributed by atoms with Crippen LogP contribution in [0.25, 0.3) is 17.0 Å². The number of para-hydroxylation sites is 1. The second kappa shape index (κ2) is 7.22. The molecule has 0 unspecified atom stereocenters. The summed E-state index contributed by atoms with van der Waals surface area (Å²) in [6, 6.07) is 17.8. The van der Waals surface area contributed by atoms with Crippen LogP contribution in [-0.2, 0) is 11.2 Å². The molecule has 4 heteroatoms. The normalized spacial score (nSPS) is 11.5. The van der Waals surface area contributed by atoms with Crippen LogP contribution in [0.15, 0.2) is 72.0 Å². The minimum absolute atomic E-state index is 0.140. The smallest absolute Gasteiger partial charge is 0.244 e. The summed E-state index contributed by atoms with van der Waals surface area (Å²) in [6.07, 6.45) is 7.45. The van der Waals surface area contributed by atoms with E-state index in [1.54, 1.807) is 12.3 Å². The van der Waals surface area contributed by atoms with Crippen LogP contribution in [0.5, 0.6) is 0 Å². The zero-order valence-corrected chi connectivity index (χ0v) is 12.6. The average molecular weight is 303 g/mol. The second-order valence-corrected chi connectivity index (χ2v) is 5.12. The van der Waals surface area contributed by atoms with Crippen LogP contribution in [-0.4, -0.2) is 17.1 Å². The van der Waals surface area contributed by atoms with E-state index in [1.165, 1.54) is 0 Å². The summed E-state index contributed by atoms with van der Waals surface area (Å²) in [5, 5.41) is 4.99. The van der Waals surface area contributed by atoms with Crippen LogP contribution in [0.3, 0.4) is 0 Å². The fourth-order valence-corrected chi connectivity index (χ4v) is 2.36. The molecule has 0 fully saturated rings. The molecule has 0 saturated heterocycles. The fourth-order valence-electron chi connectivity index (χ4n) is 2.36. The van der Waals surface area contributed by atoms with Crippen LogP contribution in [0.4, 0.5) is 0 Å². The Balaban J connectivity index is 1.53. The van der Waals surface area contributed by atoms with Gasteiger partial charge in [-0.3, -0.25) is 4.79 Å². The van der Waals surface area contributed by atoms with Crippen molar-refractivity contribution in [2.75, 3.05) is 0 Å². The van der Waals surface area contributed by atoms with Crippen molar-refractivity contribution in [1.82, 2.24) is 10.4 Å². The molecule has 1 heterocycles. The number of H-pyrrole nitrogens is 1. The number of benzene rings is 2. The average Bonchev–Trinajstić information content (AvgIpc) is 2.99. The monoisotopic (exact) mass is 303 g/mol. The molecular weight excluding hydrogens is 286 g/mol. The van der Waals surface area contributed by atoms with Gasteiger partial charge < -0.3 is 4.98 Å². The second-order valence-electron chi connectivity index (χ2n) is 5.12. The molecule has 0 aliphatic heterocycles. The summed E-state index contributed by atoms with van der Waals surface area (Å²) in [7, 11) is 0. The van der Waals surface area contributed by atoms with Crippen LogP contribution >= 0.6 is 0 Å². The van der Waals surface area contributed by atoms with Gasteiger partial charge in [0.15, 0.2) is 0 Å². The quantitative estimate of drug-likeness (QED) is 0.550. The molecule has 3 rings (SSSR count). The Morgan fingerprint density at radius 3 is 2.74 bits per heavy atom. The lowest BCUT2D eigenvalue weighted by molar-refractivity contribution is -0.120. The van der Waals surface area contributed by atoms with Crippen LogP contribution in [0.1, 0.15) is 11.1 Å².